The number of likely N-dealkylation sites (tertiary alicyclic amines) is 3. The first-order valence-corrected chi connectivity index (χ1v) is 11.2. The molecule has 0 radical (unpaired) electrons. The molecule has 3 amide bonds. The third-order valence-corrected chi connectivity index (χ3v) is 6.76. The first-order chi connectivity index (χ1) is 14.4. The molecule has 0 saturated carbocycles. The lowest BCUT2D eigenvalue weighted by atomic mass is 9.93. The number of hydrogen-bond donors (Lipinski definition) is 2. The van der Waals surface area contributed by atoms with Crippen molar-refractivity contribution in [2.45, 2.75) is 57.2 Å². The van der Waals surface area contributed by atoms with Gasteiger partial charge >= 0.3 is 0 Å². The van der Waals surface area contributed by atoms with E-state index in [0.717, 1.165) is 25.7 Å². The average Bonchev–Trinajstić information content (AvgIpc) is 3.15. The summed E-state index contributed by atoms with van der Waals surface area (Å²) in [6.07, 6.45) is 3.06. The minimum atomic E-state index is -0.491. The first-order valence-electron chi connectivity index (χ1n) is 11.2. The van der Waals surface area contributed by atoms with Crippen LogP contribution in [0.4, 0.5) is 0 Å². The molecule has 0 spiro atoms. The van der Waals surface area contributed by atoms with Gasteiger partial charge in [-0.1, -0.05) is 0 Å². The molecular weight excluding hydrogens is 388 g/mol. The summed E-state index contributed by atoms with van der Waals surface area (Å²) in [5.74, 6) is 0.228. The summed E-state index contributed by atoms with van der Waals surface area (Å²) in [6, 6.07) is -0.121. The summed E-state index contributed by atoms with van der Waals surface area (Å²) in [5.41, 5.74) is 0. The van der Waals surface area contributed by atoms with Gasteiger partial charge in [0.25, 0.3) is 0 Å². The lowest BCUT2D eigenvalue weighted by molar-refractivity contribution is -0.141. The Hall–Kier alpha value is -1.71. The van der Waals surface area contributed by atoms with Gasteiger partial charge in [0, 0.05) is 65.3 Å². The molecule has 170 valence electrons. The Morgan fingerprint density at radius 3 is 2.27 bits per heavy atom. The van der Waals surface area contributed by atoms with E-state index in [4.69, 9.17) is 4.74 Å². The number of nitrogens with zero attached hydrogens (tertiary/aromatic N) is 3. The van der Waals surface area contributed by atoms with Gasteiger partial charge in [-0.25, -0.2) is 0 Å². The van der Waals surface area contributed by atoms with Crippen molar-refractivity contribution in [3.8, 4) is 0 Å². The molecule has 3 saturated heterocycles. The van der Waals surface area contributed by atoms with Crippen LogP contribution in [0, 0.1) is 5.92 Å². The number of aliphatic hydroxyl groups is 1. The number of carbonyl (C=O) groups excluding carboxylic acids is 3. The van der Waals surface area contributed by atoms with Gasteiger partial charge < -0.3 is 25.0 Å². The Morgan fingerprint density at radius 2 is 1.67 bits per heavy atom. The third-order valence-electron chi connectivity index (χ3n) is 6.76. The molecule has 0 bridgehead atoms. The lowest BCUT2D eigenvalue weighted by Gasteiger charge is -2.40. The van der Waals surface area contributed by atoms with Gasteiger partial charge in [-0.2, -0.15) is 0 Å². The number of nitrogens with one attached hydrogen (secondary N) is 1. The number of ether oxygens (including phenoxy) is 1. The molecule has 0 unspecified atom stereocenters. The number of β-amino-alcohol motifs (C(OH)–C–C–N with tert-alkyl or cyclic N) is 1. The van der Waals surface area contributed by atoms with E-state index in [-0.39, 0.29) is 35.7 Å². The lowest BCUT2D eigenvalue weighted by Crippen LogP contribution is -2.53. The number of piperidine rings is 2. The molecule has 30 heavy (non-hydrogen) atoms. The van der Waals surface area contributed by atoms with Gasteiger partial charge in [0.05, 0.1) is 18.8 Å². The molecule has 3 fully saturated rings. The topological polar surface area (TPSA) is 102 Å². The Labute approximate surface area is 178 Å². The van der Waals surface area contributed by atoms with Gasteiger partial charge in [-0.05, 0) is 32.1 Å². The van der Waals surface area contributed by atoms with Crippen molar-refractivity contribution >= 4 is 17.7 Å². The van der Waals surface area contributed by atoms with E-state index >= 15 is 0 Å². The van der Waals surface area contributed by atoms with Gasteiger partial charge in [0.1, 0.15) is 0 Å². The standard InChI is InChI=1S/C21H36N4O5/c1-15(26)23-8-3-16(4-9-23)21(29)24-10-5-17(6-11-24)25-14-18(27)13-19(25)20(28)22-7-12-30-2/h16-19,27H,3-14H2,1-2H3,(H,22,28)/t18-,19+/m1/s1. The van der Waals surface area contributed by atoms with Crippen molar-refractivity contribution < 1.29 is 24.2 Å². The molecule has 9 heteroatoms. The number of hydrogen-bond acceptors (Lipinski definition) is 6. The van der Waals surface area contributed by atoms with Crippen LogP contribution in [0.25, 0.3) is 0 Å². The zero-order valence-electron chi connectivity index (χ0n) is 18.2. The second-order valence-corrected chi connectivity index (χ2v) is 8.72. The molecule has 3 heterocycles. The van der Waals surface area contributed by atoms with Crippen LogP contribution in [0.15, 0.2) is 0 Å². The molecule has 0 aromatic rings. The fourth-order valence-electron chi connectivity index (χ4n) is 5.01. The van der Waals surface area contributed by atoms with Crippen molar-refractivity contribution in [3.05, 3.63) is 0 Å². The van der Waals surface area contributed by atoms with E-state index in [2.05, 4.69) is 10.2 Å². The number of carbonyl (C=O) groups is 3. The maximum absolute atomic E-state index is 12.9. The highest BCUT2D eigenvalue weighted by Gasteiger charge is 2.41. The molecule has 3 aliphatic rings. The summed E-state index contributed by atoms with van der Waals surface area (Å²) in [5, 5.41) is 13.0. The van der Waals surface area contributed by atoms with Crippen molar-refractivity contribution in [2.24, 2.45) is 5.92 Å². The van der Waals surface area contributed by atoms with E-state index in [9.17, 15) is 19.5 Å². The normalized spacial score (nSPS) is 26.8. The second-order valence-electron chi connectivity index (χ2n) is 8.72. The maximum atomic E-state index is 12.9. The molecule has 9 nitrogen and oxygen atoms in total. The molecule has 2 atom stereocenters. The van der Waals surface area contributed by atoms with Crippen LogP contribution in [-0.2, 0) is 19.1 Å². The maximum Gasteiger partial charge on any atom is 0.237 e. The van der Waals surface area contributed by atoms with Crippen LogP contribution >= 0.6 is 0 Å². The zero-order valence-corrected chi connectivity index (χ0v) is 18.2. The van der Waals surface area contributed by atoms with Crippen LogP contribution in [0.3, 0.4) is 0 Å². The SMILES string of the molecule is COCCNC(=O)[C@@H]1C[C@@H](O)CN1C1CCN(C(=O)C2CCN(C(C)=O)CC2)CC1. The fraction of sp³-hybridized carbons (Fsp3) is 0.857. The fourth-order valence-corrected chi connectivity index (χ4v) is 5.01. The van der Waals surface area contributed by atoms with Crippen LogP contribution in [0.2, 0.25) is 0 Å². The minimum Gasteiger partial charge on any atom is -0.392 e. The average molecular weight is 425 g/mol. The molecule has 0 aromatic carbocycles. The summed E-state index contributed by atoms with van der Waals surface area (Å²) >= 11 is 0. The van der Waals surface area contributed by atoms with E-state index < -0.39 is 6.10 Å². The van der Waals surface area contributed by atoms with E-state index in [1.807, 2.05) is 9.80 Å². The predicted molar refractivity (Wildman–Crippen MR) is 111 cm³/mol. The number of aliphatic hydroxyl groups excluding tert-OH is 1. The van der Waals surface area contributed by atoms with E-state index in [0.29, 0.717) is 52.3 Å². The van der Waals surface area contributed by atoms with Gasteiger partial charge in [-0.3, -0.25) is 19.3 Å². The molecule has 3 aliphatic heterocycles. The quantitative estimate of drug-likeness (QED) is 0.554. The largest absolute Gasteiger partial charge is 0.392 e. The van der Waals surface area contributed by atoms with E-state index in [1.54, 1.807) is 14.0 Å². The smallest absolute Gasteiger partial charge is 0.237 e. The summed E-state index contributed by atoms with van der Waals surface area (Å²) in [6.45, 7) is 5.69. The number of methoxy groups -OCH3 is 1. The highest BCUT2D eigenvalue weighted by atomic mass is 16.5. The van der Waals surface area contributed by atoms with Crippen LogP contribution in [0.1, 0.15) is 39.0 Å². The Morgan fingerprint density at radius 1 is 1.03 bits per heavy atom. The van der Waals surface area contributed by atoms with Gasteiger partial charge in [0.15, 0.2) is 0 Å². The molecule has 2 N–H and O–H groups in total. The Bertz CT molecular complexity index is 615. The monoisotopic (exact) mass is 424 g/mol. The third kappa shape index (κ3) is 5.50. The summed E-state index contributed by atoms with van der Waals surface area (Å²) < 4.78 is 4.99. The number of rotatable bonds is 6. The zero-order chi connectivity index (χ0) is 21.7. The molecule has 0 aromatic heterocycles. The second kappa shape index (κ2) is 10.5. The number of amides is 3. The summed E-state index contributed by atoms with van der Waals surface area (Å²) in [7, 11) is 1.60. The minimum absolute atomic E-state index is 0.00469. The predicted octanol–water partition coefficient (Wildman–Crippen LogP) is -0.566. The molecule has 0 aliphatic carbocycles. The Balaban J connectivity index is 1.48. The first kappa shape index (κ1) is 23.0. The van der Waals surface area contributed by atoms with Crippen molar-refractivity contribution in [1.29, 1.82) is 0 Å². The van der Waals surface area contributed by atoms with Crippen molar-refractivity contribution in [2.75, 3.05) is 53.0 Å². The van der Waals surface area contributed by atoms with Gasteiger partial charge in [-0.15, -0.1) is 0 Å². The van der Waals surface area contributed by atoms with Crippen molar-refractivity contribution in [1.82, 2.24) is 20.0 Å². The van der Waals surface area contributed by atoms with Gasteiger partial charge in [0.2, 0.25) is 17.7 Å². The summed E-state index contributed by atoms with van der Waals surface area (Å²) in [4.78, 5) is 42.9. The highest BCUT2D eigenvalue weighted by Crippen LogP contribution is 2.28. The van der Waals surface area contributed by atoms with Crippen LogP contribution < -0.4 is 5.32 Å². The van der Waals surface area contributed by atoms with Crippen molar-refractivity contribution in [3.63, 3.8) is 0 Å². The van der Waals surface area contributed by atoms with E-state index in [1.165, 1.54) is 0 Å². The highest BCUT2D eigenvalue weighted by molar-refractivity contribution is 5.82. The molecular formula is C21H36N4O5. The van der Waals surface area contributed by atoms with Crippen LogP contribution in [-0.4, -0.2) is 109 Å². The Kier molecular flexibility index (Phi) is 8.07. The van der Waals surface area contributed by atoms with Crippen LogP contribution in [0.5, 0.6) is 0 Å². The molecule has 3 rings (SSSR count).